The quantitative estimate of drug-likeness (QED) is 0.920. The third-order valence-electron chi connectivity index (χ3n) is 4.15. The van der Waals surface area contributed by atoms with Crippen molar-refractivity contribution in [2.75, 3.05) is 0 Å². The van der Waals surface area contributed by atoms with E-state index >= 15 is 0 Å². The number of aliphatic hydroxyl groups is 1. The van der Waals surface area contributed by atoms with Crippen LogP contribution < -0.4 is 0 Å². The van der Waals surface area contributed by atoms with E-state index < -0.39 is 11.2 Å². The fourth-order valence-corrected chi connectivity index (χ4v) is 4.33. The van der Waals surface area contributed by atoms with Gasteiger partial charge in [-0.1, -0.05) is 12.1 Å². The summed E-state index contributed by atoms with van der Waals surface area (Å²) in [4.78, 5) is 4.64. The summed E-state index contributed by atoms with van der Waals surface area (Å²) >= 11 is 1.66. The topological polar surface area (TPSA) is 42.4 Å². The molecule has 4 heteroatoms. The van der Waals surface area contributed by atoms with Gasteiger partial charge in [0.15, 0.2) is 0 Å². The highest BCUT2D eigenvalue weighted by atomic mass is 32.1. The number of aromatic nitrogens is 1. The first-order chi connectivity index (χ1) is 9.21. The van der Waals surface area contributed by atoms with Gasteiger partial charge in [-0.05, 0) is 39.8 Å². The monoisotopic (exact) mass is 291 g/mol. The molecule has 0 saturated carbocycles. The Morgan fingerprint density at radius 3 is 2.55 bits per heavy atom. The number of thiazole rings is 1. The molecule has 1 unspecified atom stereocenters. The zero-order valence-electron chi connectivity index (χ0n) is 12.4. The van der Waals surface area contributed by atoms with E-state index in [-0.39, 0.29) is 5.60 Å². The molecule has 0 spiro atoms. The van der Waals surface area contributed by atoms with Crippen molar-refractivity contribution in [1.29, 1.82) is 0 Å². The molecule has 0 radical (unpaired) electrons. The van der Waals surface area contributed by atoms with E-state index in [1.54, 1.807) is 11.3 Å². The predicted molar refractivity (Wildman–Crippen MR) is 82.1 cm³/mol. The van der Waals surface area contributed by atoms with Gasteiger partial charge in [0.25, 0.3) is 0 Å². The van der Waals surface area contributed by atoms with Crippen molar-refractivity contribution in [2.45, 2.75) is 57.3 Å². The summed E-state index contributed by atoms with van der Waals surface area (Å²) in [6, 6.07) is 8.09. The van der Waals surface area contributed by atoms with E-state index in [1.165, 1.54) is 4.70 Å². The van der Waals surface area contributed by atoms with Crippen LogP contribution in [-0.4, -0.2) is 26.9 Å². The zero-order valence-corrected chi connectivity index (χ0v) is 13.3. The van der Waals surface area contributed by atoms with Crippen molar-refractivity contribution in [2.24, 2.45) is 0 Å². The molecular weight excluding hydrogens is 270 g/mol. The number of nitrogens with zero attached hydrogens (tertiary/aromatic N) is 1. The van der Waals surface area contributed by atoms with Crippen LogP contribution in [0.4, 0.5) is 0 Å². The molecule has 2 aromatic rings. The van der Waals surface area contributed by atoms with Crippen molar-refractivity contribution in [3.05, 3.63) is 29.3 Å². The van der Waals surface area contributed by atoms with Gasteiger partial charge < -0.3 is 9.84 Å². The van der Waals surface area contributed by atoms with Crippen molar-refractivity contribution >= 4 is 21.6 Å². The van der Waals surface area contributed by atoms with Gasteiger partial charge in [0.05, 0.1) is 26.4 Å². The zero-order chi connectivity index (χ0) is 14.6. The van der Waals surface area contributed by atoms with E-state index in [1.807, 2.05) is 45.9 Å². The minimum absolute atomic E-state index is 0.297. The number of ether oxygens (including phenoxy) is 1. The van der Waals surface area contributed by atoms with Gasteiger partial charge in [0.1, 0.15) is 5.60 Å². The smallest absolute Gasteiger partial charge is 0.102 e. The first kappa shape index (κ1) is 14.0. The standard InChI is InChI=1S/C16H21NO2S/c1-14(2)10-16(18,15(3,4)19-14)9-13-17-11-7-5-6-8-12(11)20-13/h5-8,18H,9-10H2,1-4H3. The van der Waals surface area contributed by atoms with E-state index in [0.29, 0.717) is 12.8 Å². The Hall–Kier alpha value is -0.970. The lowest BCUT2D eigenvalue weighted by atomic mass is 9.80. The Balaban J connectivity index is 1.93. The normalized spacial score (nSPS) is 28.1. The Kier molecular flexibility index (Phi) is 2.98. The summed E-state index contributed by atoms with van der Waals surface area (Å²) in [5.41, 5.74) is -0.722. The van der Waals surface area contributed by atoms with E-state index in [0.717, 1.165) is 10.5 Å². The average molecular weight is 291 g/mol. The first-order valence-corrected chi connectivity index (χ1v) is 7.80. The second-order valence-electron chi connectivity index (χ2n) is 6.83. The van der Waals surface area contributed by atoms with Gasteiger partial charge in [-0.25, -0.2) is 4.98 Å². The molecule has 1 fully saturated rings. The molecule has 3 nitrogen and oxygen atoms in total. The molecule has 1 atom stereocenters. The maximum atomic E-state index is 11.1. The molecule has 3 rings (SSSR count). The van der Waals surface area contributed by atoms with Gasteiger partial charge in [-0.2, -0.15) is 0 Å². The minimum atomic E-state index is -0.871. The molecule has 0 amide bonds. The molecule has 1 aliphatic rings. The molecule has 0 bridgehead atoms. The van der Waals surface area contributed by atoms with Crippen LogP contribution in [-0.2, 0) is 11.2 Å². The van der Waals surface area contributed by atoms with Gasteiger partial charge in [0, 0.05) is 12.8 Å². The summed E-state index contributed by atoms with van der Waals surface area (Å²) < 4.78 is 7.19. The van der Waals surface area contributed by atoms with E-state index in [4.69, 9.17) is 4.74 Å². The average Bonchev–Trinajstić information content (AvgIpc) is 2.73. The van der Waals surface area contributed by atoms with Gasteiger partial charge >= 0.3 is 0 Å². The van der Waals surface area contributed by atoms with E-state index in [9.17, 15) is 5.11 Å². The summed E-state index contributed by atoms with van der Waals surface area (Å²) in [6.07, 6.45) is 1.17. The largest absolute Gasteiger partial charge is 0.386 e. The molecular formula is C16H21NO2S. The predicted octanol–water partition coefficient (Wildman–Crippen LogP) is 3.55. The summed E-state index contributed by atoms with van der Waals surface area (Å²) in [6.45, 7) is 8.00. The molecule has 108 valence electrons. The summed E-state index contributed by atoms with van der Waals surface area (Å²) in [5, 5.41) is 12.0. The highest BCUT2D eigenvalue weighted by molar-refractivity contribution is 7.18. The minimum Gasteiger partial charge on any atom is -0.386 e. The van der Waals surface area contributed by atoms with Crippen LogP contribution in [0.25, 0.3) is 10.2 Å². The second-order valence-corrected chi connectivity index (χ2v) is 7.95. The Labute approximate surface area is 123 Å². The lowest BCUT2D eigenvalue weighted by Gasteiger charge is -2.34. The molecule has 1 aliphatic heterocycles. The van der Waals surface area contributed by atoms with Crippen LogP contribution in [0.3, 0.4) is 0 Å². The molecule has 0 aliphatic carbocycles. The van der Waals surface area contributed by atoms with Gasteiger partial charge in [-0.15, -0.1) is 11.3 Å². The lowest BCUT2D eigenvalue weighted by Crippen LogP contribution is -2.47. The molecule has 20 heavy (non-hydrogen) atoms. The van der Waals surface area contributed by atoms with Crippen molar-refractivity contribution < 1.29 is 9.84 Å². The van der Waals surface area contributed by atoms with Gasteiger partial charge in [-0.3, -0.25) is 0 Å². The van der Waals surface area contributed by atoms with Crippen LogP contribution in [0.15, 0.2) is 24.3 Å². The van der Waals surface area contributed by atoms with Gasteiger partial charge in [0.2, 0.25) is 0 Å². The van der Waals surface area contributed by atoms with Crippen molar-refractivity contribution in [3.63, 3.8) is 0 Å². The van der Waals surface area contributed by atoms with Crippen molar-refractivity contribution in [3.8, 4) is 0 Å². The molecule has 2 heterocycles. The molecule has 1 saturated heterocycles. The lowest BCUT2D eigenvalue weighted by molar-refractivity contribution is -0.125. The molecule has 1 aromatic carbocycles. The highest BCUT2D eigenvalue weighted by Crippen LogP contribution is 2.47. The number of hydrogen-bond acceptors (Lipinski definition) is 4. The van der Waals surface area contributed by atoms with Crippen LogP contribution >= 0.6 is 11.3 Å². The summed E-state index contributed by atoms with van der Waals surface area (Å²) in [7, 11) is 0. The SMILES string of the molecule is CC1(C)CC(O)(Cc2nc3ccccc3s2)C(C)(C)O1. The fraction of sp³-hybridized carbons (Fsp3) is 0.562. The van der Waals surface area contributed by atoms with E-state index in [2.05, 4.69) is 11.1 Å². The Morgan fingerprint density at radius 1 is 1.25 bits per heavy atom. The number of para-hydroxylation sites is 1. The third kappa shape index (κ3) is 2.26. The molecule has 1 aromatic heterocycles. The first-order valence-electron chi connectivity index (χ1n) is 6.98. The number of benzene rings is 1. The second kappa shape index (κ2) is 4.26. The maximum absolute atomic E-state index is 11.1. The van der Waals surface area contributed by atoms with Crippen molar-refractivity contribution in [1.82, 2.24) is 4.98 Å². The fourth-order valence-electron chi connectivity index (χ4n) is 3.26. The van der Waals surface area contributed by atoms with Crippen LogP contribution in [0.2, 0.25) is 0 Å². The number of rotatable bonds is 2. The number of hydrogen-bond donors (Lipinski definition) is 1. The molecule has 1 N–H and O–H groups in total. The third-order valence-corrected chi connectivity index (χ3v) is 5.19. The van der Waals surface area contributed by atoms with Crippen LogP contribution in [0.1, 0.15) is 39.1 Å². The Morgan fingerprint density at radius 2 is 1.95 bits per heavy atom. The summed E-state index contributed by atoms with van der Waals surface area (Å²) in [5.74, 6) is 0. The maximum Gasteiger partial charge on any atom is 0.102 e. The van der Waals surface area contributed by atoms with Crippen LogP contribution in [0, 0.1) is 0 Å². The number of fused-ring (bicyclic) bond motifs is 1. The Bertz CT molecular complexity index is 614. The highest BCUT2D eigenvalue weighted by Gasteiger charge is 2.56. The van der Waals surface area contributed by atoms with Crippen LogP contribution in [0.5, 0.6) is 0 Å².